The third-order valence-electron chi connectivity index (χ3n) is 0.761. The molecule has 0 heterocycles. The van der Waals surface area contributed by atoms with E-state index in [1.807, 2.05) is 6.92 Å². The van der Waals surface area contributed by atoms with Gasteiger partial charge in [0.25, 0.3) is 0 Å². The van der Waals surface area contributed by atoms with Crippen molar-refractivity contribution in [2.75, 3.05) is 13.2 Å². The van der Waals surface area contributed by atoms with Crippen molar-refractivity contribution in [1.82, 2.24) is 0 Å². The zero-order valence-electron chi connectivity index (χ0n) is 4.96. The summed E-state index contributed by atoms with van der Waals surface area (Å²) in [4.78, 5) is 0. The summed E-state index contributed by atoms with van der Waals surface area (Å²) in [6, 6.07) is 0. The first-order chi connectivity index (χ1) is 3.81. The Balaban J connectivity index is 2.92. The van der Waals surface area contributed by atoms with Crippen LogP contribution >= 0.6 is 0 Å². The van der Waals surface area contributed by atoms with Crippen molar-refractivity contribution in [3.05, 3.63) is 14.2 Å². The fourth-order valence-electron chi connectivity index (χ4n) is 0.377. The van der Waals surface area contributed by atoms with Crippen LogP contribution in [0.1, 0.15) is 6.92 Å². The highest BCUT2D eigenvalue weighted by Crippen LogP contribution is 1.94. The summed E-state index contributed by atoms with van der Waals surface area (Å²) in [5.41, 5.74) is 0. The summed E-state index contributed by atoms with van der Waals surface area (Å²) >= 11 is 0. The van der Waals surface area contributed by atoms with E-state index in [1.54, 1.807) is 0 Å². The Labute approximate surface area is 50.8 Å². The van der Waals surface area contributed by atoms with Crippen LogP contribution in [0.3, 0.4) is 0 Å². The normalized spacial score (nSPS) is 10.5. The van der Waals surface area contributed by atoms with Gasteiger partial charge in [-0.3, -0.25) is 0 Å². The first kappa shape index (κ1) is 7.92. The van der Waals surface area contributed by atoms with Gasteiger partial charge in [0.05, 0.1) is 13.2 Å². The van der Waals surface area contributed by atoms with Crippen LogP contribution < -0.4 is 0 Å². The van der Waals surface area contributed by atoms with Crippen molar-refractivity contribution in [2.45, 2.75) is 6.92 Å². The number of hydrogen-bond donors (Lipinski definition) is 0. The van der Waals surface area contributed by atoms with Crippen LogP contribution in [0.5, 0.6) is 0 Å². The molecule has 0 aliphatic carbocycles. The second kappa shape index (κ2) is 5.06. The third kappa shape index (κ3) is 4.09. The molecular formula is C6H10O2. The molecule has 0 aliphatic heterocycles. The fraction of sp³-hybridized carbons (Fsp3) is 0.667. The maximum Gasteiger partial charge on any atom is 0.115 e. The Morgan fingerprint density at radius 3 is 1.88 bits per heavy atom. The molecule has 0 aromatic heterocycles. The maximum absolute atomic E-state index is 4.76. The average Bonchev–Trinajstić information content (AvgIpc) is 1.68. The van der Waals surface area contributed by atoms with Crippen molar-refractivity contribution >= 4 is 0 Å². The molecule has 0 saturated heterocycles. The molecule has 0 aliphatic rings. The van der Waals surface area contributed by atoms with Crippen LogP contribution in [0, 0.1) is 20.1 Å². The summed E-state index contributed by atoms with van der Waals surface area (Å²) in [5.74, 6) is 0.269. The summed E-state index contributed by atoms with van der Waals surface area (Å²) in [6.45, 7) is 2.90. The predicted molar refractivity (Wildman–Crippen MR) is 29.7 cm³/mol. The van der Waals surface area contributed by atoms with E-state index in [-0.39, 0.29) is 5.92 Å². The van der Waals surface area contributed by atoms with Crippen molar-refractivity contribution in [2.24, 2.45) is 5.92 Å². The molecule has 0 unspecified atom stereocenters. The Kier molecular flexibility index (Phi) is 5.01. The van der Waals surface area contributed by atoms with E-state index < -0.39 is 0 Å². The molecule has 0 saturated carbocycles. The molecule has 8 heavy (non-hydrogen) atoms. The van der Waals surface area contributed by atoms with Crippen molar-refractivity contribution in [3.8, 4) is 0 Å². The summed E-state index contributed by atoms with van der Waals surface area (Å²) in [5, 5.41) is 0. The molecule has 46 valence electrons. The first-order valence-corrected chi connectivity index (χ1v) is 2.44. The molecule has 0 spiro atoms. The number of hydrogen-bond acceptors (Lipinski definition) is 2. The molecule has 0 aromatic rings. The topological polar surface area (TPSA) is 18.5 Å². The van der Waals surface area contributed by atoms with Gasteiger partial charge < -0.3 is 9.47 Å². The van der Waals surface area contributed by atoms with Crippen LogP contribution in [-0.2, 0) is 9.47 Å². The minimum Gasteiger partial charge on any atom is -0.372 e. The molecule has 2 heteroatoms. The third-order valence-corrected chi connectivity index (χ3v) is 0.761. The molecule has 0 N–H and O–H groups in total. The SMILES string of the molecule is [CH]OCC(C)CO[CH]. The quantitative estimate of drug-likeness (QED) is 0.542. The molecule has 0 amide bonds. The van der Waals surface area contributed by atoms with Gasteiger partial charge in [0.2, 0.25) is 0 Å². The van der Waals surface area contributed by atoms with Crippen LogP contribution in [0.2, 0.25) is 0 Å². The van der Waals surface area contributed by atoms with Gasteiger partial charge in [0.1, 0.15) is 14.2 Å². The van der Waals surface area contributed by atoms with Crippen LogP contribution in [-0.4, -0.2) is 13.2 Å². The minimum absolute atomic E-state index is 0.269. The predicted octanol–water partition coefficient (Wildman–Crippen LogP) is 0.993. The van der Waals surface area contributed by atoms with Crippen molar-refractivity contribution in [1.29, 1.82) is 0 Å². The lowest BCUT2D eigenvalue weighted by molar-refractivity contribution is 0.127. The van der Waals surface area contributed by atoms with Gasteiger partial charge >= 0.3 is 0 Å². The highest BCUT2D eigenvalue weighted by molar-refractivity contribution is 4.46. The molecule has 2 nitrogen and oxygen atoms in total. The standard InChI is InChI=1S/C6H10O2/c1-6(4-7-2)5-8-3/h2-3,6H,4-5H2,1H3. The first-order valence-electron chi connectivity index (χ1n) is 2.44. The fourth-order valence-corrected chi connectivity index (χ4v) is 0.377. The number of rotatable bonds is 4. The Morgan fingerprint density at radius 2 is 1.62 bits per heavy atom. The monoisotopic (exact) mass is 114 g/mol. The van der Waals surface area contributed by atoms with Gasteiger partial charge in [-0.2, -0.15) is 0 Å². The molecular weight excluding hydrogens is 104 g/mol. The summed E-state index contributed by atoms with van der Waals surface area (Å²) in [7, 11) is 9.53. The lowest BCUT2D eigenvalue weighted by Crippen LogP contribution is -2.08. The molecule has 0 atom stereocenters. The molecule has 0 bridgehead atoms. The maximum atomic E-state index is 4.76. The zero-order chi connectivity index (χ0) is 6.41. The second-order valence-corrected chi connectivity index (χ2v) is 1.77. The van der Waals surface area contributed by atoms with E-state index in [1.165, 1.54) is 0 Å². The molecule has 0 rings (SSSR count). The highest BCUT2D eigenvalue weighted by atomic mass is 16.5. The summed E-state index contributed by atoms with van der Waals surface area (Å²) in [6.07, 6.45) is 0. The van der Waals surface area contributed by atoms with Crippen LogP contribution in [0.15, 0.2) is 0 Å². The van der Waals surface area contributed by atoms with E-state index in [0.29, 0.717) is 13.2 Å². The van der Waals surface area contributed by atoms with Gasteiger partial charge in [-0.05, 0) is 0 Å². The largest absolute Gasteiger partial charge is 0.372 e. The van der Waals surface area contributed by atoms with Crippen LogP contribution in [0.25, 0.3) is 0 Å². The number of ether oxygens (including phenoxy) is 2. The van der Waals surface area contributed by atoms with E-state index in [4.69, 9.17) is 14.2 Å². The molecule has 0 aromatic carbocycles. The van der Waals surface area contributed by atoms with Crippen LogP contribution in [0.4, 0.5) is 0 Å². The smallest absolute Gasteiger partial charge is 0.115 e. The van der Waals surface area contributed by atoms with Crippen molar-refractivity contribution < 1.29 is 9.47 Å². The zero-order valence-corrected chi connectivity index (χ0v) is 4.96. The average molecular weight is 114 g/mol. The molecule has 0 fully saturated rings. The van der Waals surface area contributed by atoms with E-state index in [0.717, 1.165) is 0 Å². The van der Waals surface area contributed by atoms with Gasteiger partial charge in [-0.25, -0.2) is 0 Å². The Hall–Kier alpha value is -0.0800. The lowest BCUT2D eigenvalue weighted by atomic mass is 10.2. The van der Waals surface area contributed by atoms with E-state index in [2.05, 4.69) is 9.47 Å². The molecule has 4 radical (unpaired) electrons. The Morgan fingerprint density at radius 1 is 1.25 bits per heavy atom. The van der Waals surface area contributed by atoms with Gasteiger partial charge in [0, 0.05) is 5.92 Å². The second-order valence-electron chi connectivity index (χ2n) is 1.77. The van der Waals surface area contributed by atoms with Gasteiger partial charge in [-0.15, -0.1) is 0 Å². The van der Waals surface area contributed by atoms with Gasteiger partial charge in [-0.1, -0.05) is 6.92 Å². The minimum atomic E-state index is 0.269. The van der Waals surface area contributed by atoms with E-state index >= 15 is 0 Å². The van der Waals surface area contributed by atoms with Gasteiger partial charge in [0.15, 0.2) is 0 Å². The Bertz CT molecular complexity index is 39.8. The van der Waals surface area contributed by atoms with E-state index in [9.17, 15) is 0 Å². The lowest BCUT2D eigenvalue weighted by Gasteiger charge is -2.05. The highest BCUT2D eigenvalue weighted by Gasteiger charge is 1.97. The summed E-state index contributed by atoms with van der Waals surface area (Å²) < 4.78 is 8.64. The van der Waals surface area contributed by atoms with Crippen molar-refractivity contribution in [3.63, 3.8) is 0 Å².